The van der Waals surface area contributed by atoms with Gasteiger partial charge in [-0.05, 0) is 104 Å². The number of hydrogen-bond acceptors (Lipinski definition) is 9. The van der Waals surface area contributed by atoms with Crippen molar-refractivity contribution in [2.75, 3.05) is 52.9 Å². The predicted octanol–water partition coefficient (Wildman–Crippen LogP) is 4.62. The van der Waals surface area contributed by atoms with Crippen molar-refractivity contribution in [3.8, 4) is 11.4 Å². The number of methoxy groups -OCH3 is 1. The highest BCUT2D eigenvalue weighted by Gasteiger charge is 2.46. The quantitative estimate of drug-likeness (QED) is 0.222. The van der Waals surface area contributed by atoms with E-state index in [4.69, 9.17) is 27.9 Å². The van der Waals surface area contributed by atoms with Crippen LogP contribution in [0.15, 0.2) is 73.1 Å². The van der Waals surface area contributed by atoms with Crippen molar-refractivity contribution in [3.05, 3.63) is 99.8 Å². The number of hydrogen-bond donors (Lipinski definition) is 2. The Morgan fingerprint density at radius 2 is 1.74 bits per heavy atom. The van der Waals surface area contributed by atoms with Gasteiger partial charge < -0.3 is 19.6 Å². The second-order valence-corrected chi connectivity index (χ2v) is 15.1. The van der Waals surface area contributed by atoms with E-state index in [0.29, 0.717) is 85.6 Å². The van der Waals surface area contributed by atoms with Crippen LogP contribution in [-0.2, 0) is 20.4 Å². The molecule has 4 aromatic rings. The molecule has 1 aromatic heterocycles. The molecule has 0 bridgehead atoms. The first-order chi connectivity index (χ1) is 25.6. The number of ether oxygens (including phenoxy) is 1. The number of piperidine rings is 1. The number of carbonyl (C=O) groups excluding carboxylic acids is 2. The van der Waals surface area contributed by atoms with Gasteiger partial charge in [-0.2, -0.15) is 0 Å². The van der Waals surface area contributed by atoms with Gasteiger partial charge in [0.15, 0.2) is 0 Å². The summed E-state index contributed by atoms with van der Waals surface area (Å²) in [7, 11) is 1.54. The number of likely N-dealkylation sites (tertiary alicyclic amines) is 2. The summed E-state index contributed by atoms with van der Waals surface area (Å²) in [5.74, 6) is -1.10. The first-order valence-corrected chi connectivity index (χ1v) is 18.6. The van der Waals surface area contributed by atoms with Gasteiger partial charge in [0.05, 0.1) is 39.7 Å². The maximum absolute atomic E-state index is 14.2. The lowest BCUT2D eigenvalue weighted by Crippen LogP contribution is -2.55. The van der Waals surface area contributed by atoms with Gasteiger partial charge in [-0.15, -0.1) is 5.10 Å². The molecule has 278 valence electrons. The van der Waals surface area contributed by atoms with Crippen molar-refractivity contribution in [2.45, 2.75) is 42.9 Å². The molecule has 2 amide bonds. The zero-order valence-electron chi connectivity index (χ0n) is 29.5. The number of tetrazole rings is 1. The second kappa shape index (κ2) is 15.4. The highest BCUT2D eigenvalue weighted by molar-refractivity contribution is 6.42. The molecule has 53 heavy (non-hydrogen) atoms. The highest BCUT2D eigenvalue weighted by Crippen LogP contribution is 2.42. The van der Waals surface area contributed by atoms with Crippen LogP contribution in [0.5, 0.6) is 5.75 Å². The smallest absolute Gasteiger partial charge is 0.307 e. The summed E-state index contributed by atoms with van der Waals surface area (Å²) in [6, 6.07) is 20.9. The van der Waals surface area contributed by atoms with Gasteiger partial charge in [-0.25, -0.2) is 9.69 Å². The Hall–Kier alpha value is -4.56. The Morgan fingerprint density at radius 1 is 0.943 bits per heavy atom. The van der Waals surface area contributed by atoms with E-state index in [0.717, 1.165) is 30.5 Å². The number of benzene rings is 3. The average molecular weight is 762 g/mol. The minimum absolute atomic E-state index is 0.0915. The van der Waals surface area contributed by atoms with Crippen LogP contribution in [-0.4, -0.2) is 111 Å². The normalized spacial score (nSPS) is 21.8. The molecule has 3 fully saturated rings. The minimum atomic E-state index is -0.837. The third-order valence-electron chi connectivity index (χ3n) is 11.4. The summed E-state index contributed by atoms with van der Waals surface area (Å²) in [5.41, 5.74) is 4.99. The van der Waals surface area contributed by atoms with Crippen LogP contribution in [0.4, 0.5) is 0 Å². The number of nitrogens with one attached hydrogen (secondary N) is 1. The van der Waals surface area contributed by atoms with Crippen LogP contribution in [0, 0.1) is 5.92 Å². The lowest BCUT2D eigenvalue weighted by molar-refractivity contribution is -0.142. The summed E-state index contributed by atoms with van der Waals surface area (Å²) < 4.78 is 7.10. The fourth-order valence-electron chi connectivity index (χ4n) is 8.16. The molecule has 2 N–H and O–H groups in total. The zero-order valence-corrected chi connectivity index (χ0v) is 31.0. The van der Waals surface area contributed by atoms with Crippen LogP contribution >= 0.6 is 23.2 Å². The van der Waals surface area contributed by atoms with E-state index in [-0.39, 0.29) is 11.8 Å². The Labute approximate surface area is 317 Å². The molecule has 15 heteroatoms. The second-order valence-electron chi connectivity index (χ2n) is 14.3. The standard InChI is InChI=1S/C38H42Cl2N8O5/c1-53-33-10-8-29(48-25-41-43-44-48)22-30(33)34(49)46-20-13-37(24-46,28-7-9-31(39)32(40)21-28)12-17-45-18-14-38(15-19-45,27-5-3-2-4-6-27)36(52)42-47-16-11-26(23-47)35(50)51/h2-10,21-22,25-26H,11-20,23-24H2,1H3,(H,42,52)(H,50,51). The Bertz CT molecular complexity index is 1960. The molecule has 3 saturated heterocycles. The number of carboxylic acids is 1. The van der Waals surface area contributed by atoms with E-state index in [1.165, 1.54) is 11.0 Å². The Morgan fingerprint density at radius 3 is 2.42 bits per heavy atom. The Balaban J connectivity index is 1.08. The lowest BCUT2D eigenvalue weighted by Gasteiger charge is -2.42. The molecular weight excluding hydrogens is 719 g/mol. The van der Waals surface area contributed by atoms with E-state index in [1.807, 2.05) is 53.4 Å². The third kappa shape index (κ3) is 7.48. The van der Waals surface area contributed by atoms with Crippen molar-refractivity contribution < 1.29 is 24.2 Å². The SMILES string of the molecule is COc1ccc(-n2cnnn2)cc1C(=O)N1CCC(CCN2CCC(C(=O)NN3CCC(C(=O)O)C3)(c3ccccc3)CC2)(c2ccc(Cl)c(Cl)c2)C1. The van der Waals surface area contributed by atoms with Crippen LogP contribution in [0.25, 0.3) is 5.69 Å². The third-order valence-corrected chi connectivity index (χ3v) is 12.1. The average Bonchev–Trinajstić information content (AvgIpc) is 3.98. The van der Waals surface area contributed by atoms with Crippen LogP contribution < -0.4 is 10.2 Å². The van der Waals surface area contributed by atoms with Crippen LogP contribution in [0.2, 0.25) is 10.0 Å². The molecule has 7 rings (SSSR count). The first-order valence-electron chi connectivity index (χ1n) is 17.8. The van der Waals surface area contributed by atoms with Gasteiger partial charge in [0, 0.05) is 31.6 Å². The Kier molecular flexibility index (Phi) is 10.7. The predicted molar refractivity (Wildman–Crippen MR) is 198 cm³/mol. The molecular formula is C38H42Cl2N8O5. The molecule has 3 aromatic carbocycles. The fourth-order valence-corrected chi connectivity index (χ4v) is 8.46. The molecule has 4 heterocycles. The van der Waals surface area contributed by atoms with Gasteiger partial charge in [0.2, 0.25) is 5.91 Å². The number of carbonyl (C=O) groups is 3. The number of aromatic nitrogens is 4. The maximum atomic E-state index is 14.2. The van der Waals surface area contributed by atoms with Crippen molar-refractivity contribution in [3.63, 3.8) is 0 Å². The molecule has 2 unspecified atom stereocenters. The monoisotopic (exact) mass is 760 g/mol. The number of nitrogens with zero attached hydrogens (tertiary/aromatic N) is 7. The summed E-state index contributed by atoms with van der Waals surface area (Å²) >= 11 is 12.9. The van der Waals surface area contributed by atoms with Gasteiger partial charge in [-0.1, -0.05) is 59.6 Å². The number of carboxylic acid groups (broad SMARTS) is 1. The molecule has 0 aliphatic carbocycles. The van der Waals surface area contributed by atoms with Crippen LogP contribution in [0.3, 0.4) is 0 Å². The molecule has 0 saturated carbocycles. The van der Waals surface area contributed by atoms with E-state index < -0.39 is 22.7 Å². The number of halogens is 2. The topological polar surface area (TPSA) is 146 Å². The molecule has 13 nitrogen and oxygen atoms in total. The largest absolute Gasteiger partial charge is 0.496 e. The van der Waals surface area contributed by atoms with Gasteiger partial charge in [0.1, 0.15) is 12.1 Å². The molecule has 2 atom stereocenters. The summed E-state index contributed by atoms with van der Waals surface area (Å²) in [6.45, 7) is 3.95. The fraction of sp³-hybridized carbons (Fsp3) is 0.421. The lowest BCUT2D eigenvalue weighted by atomic mass is 9.71. The van der Waals surface area contributed by atoms with Crippen LogP contribution in [0.1, 0.15) is 53.6 Å². The van der Waals surface area contributed by atoms with Crippen molar-refractivity contribution in [2.24, 2.45) is 5.92 Å². The molecule has 3 aliphatic rings. The van der Waals surface area contributed by atoms with Gasteiger partial charge in [-0.3, -0.25) is 19.8 Å². The summed E-state index contributed by atoms with van der Waals surface area (Å²) in [5, 5.41) is 23.6. The van der Waals surface area contributed by atoms with Crippen molar-refractivity contribution >= 4 is 41.0 Å². The van der Waals surface area contributed by atoms with Crippen molar-refractivity contribution in [1.29, 1.82) is 0 Å². The molecule has 0 spiro atoms. The summed E-state index contributed by atoms with van der Waals surface area (Å²) in [6.07, 6.45) is 4.68. The van der Waals surface area contributed by atoms with E-state index in [1.54, 1.807) is 30.3 Å². The first kappa shape index (κ1) is 36.8. The van der Waals surface area contributed by atoms with E-state index in [9.17, 15) is 19.5 Å². The minimum Gasteiger partial charge on any atom is -0.496 e. The van der Waals surface area contributed by atoms with E-state index in [2.05, 4.69) is 25.9 Å². The van der Waals surface area contributed by atoms with E-state index >= 15 is 0 Å². The molecule has 3 aliphatic heterocycles. The van der Waals surface area contributed by atoms with Gasteiger partial charge >= 0.3 is 5.97 Å². The van der Waals surface area contributed by atoms with Gasteiger partial charge in [0.25, 0.3) is 5.91 Å². The van der Waals surface area contributed by atoms with Crippen molar-refractivity contribution in [1.82, 2.24) is 40.4 Å². The number of rotatable bonds is 11. The molecule has 0 radical (unpaired) electrons. The maximum Gasteiger partial charge on any atom is 0.307 e. The summed E-state index contributed by atoms with van der Waals surface area (Å²) in [4.78, 5) is 44.1. The number of aliphatic carboxylic acids is 1. The number of amides is 2. The number of hydrazine groups is 1. The highest BCUT2D eigenvalue weighted by atomic mass is 35.5. The zero-order chi connectivity index (χ0) is 37.2.